The van der Waals surface area contributed by atoms with E-state index >= 15 is 0 Å². The molecule has 0 saturated heterocycles. The van der Waals surface area contributed by atoms with E-state index < -0.39 is 5.97 Å². The van der Waals surface area contributed by atoms with E-state index in [1.807, 2.05) is 0 Å². The Hall–Kier alpha value is -1.38. The van der Waals surface area contributed by atoms with Crippen molar-refractivity contribution in [1.29, 1.82) is 0 Å². The van der Waals surface area contributed by atoms with Crippen LogP contribution in [0.3, 0.4) is 0 Å². The van der Waals surface area contributed by atoms with Crippen LogP contribution in [0.4, 0.5) is 0 Å². The molecule has 0 bridgehead atoms. The van der Waals surface area contributed by atoms with Crippen LogP contribution in [-0.2, 0) is 17.8 Å². The zero-order valence-electron chi connectivity index (χ0n) is 13.2. The first kappa shape index (κ1) is 18.6. The van der Waals surface area contributed by atoms with Crippen molar-refractivity contribution < 1.29 is 14.5 Å². The predicted molar refractivity (Wildman–Crippen MR) is 80.1 cm³/mol. The first-order chi connectivity index (χ1) is 9.60. The van der Waals surface area contributed by atoms with Crippen molar-refractivity contribution in [3.05, 3.63) is 30.1 Å². The van der Waals surface area contributed by atoms with Crippen molar-refractivity contribution in [3.8, 4) is 0 Å². The molecule has 0 aliphatic heterocycles. The van der Waals surface area contributed by atoms with Crippen LogP contribution >= 0.6 is 0 Å². The van der Waals surface area contributed by atoms with Crippen LogP contribution in [0.5, 0.6) is 0 Å². The Morgan fingerprint density at radius 1 is 1.05 bits per heavy atom. The summed E-state index contributed by atoms with van der Waals surface area (Å²) in [6, 6.07) is 4.55. The van der Waals surface area contributed by atoms with Gasteiger partial charge in [-0.05, 0) is 31.7 Å². The second kappa shape index (κ2) is 12.6. The lowest BCUT2D eigenvalue weighted by Crippen LogP contribution is -2.32. The maximum Gasteiger partial charge on any atom is 0.169 e. The fraction of sp³-hybridized carbons (Fsp3) is 0.647. The normalized spacial score (nSPS) is 9.75. The van der Waals surface area contributed by atoms with Gasteiger partial charge in [0.2, 0.25) is 0 Å². The molecule has 20 heavy (non-hydrogen) atoms. The van der Waals surface area contributed by atoms with E-state index in [1.165, 1.54) is 57.1 Å². The topological polar surface area (TPSA) is 44.0 Å². The number of hydrogen-bond donors (Lipinski definition) is 0. The van der Waals surface area contributed by atoms with E-state index in [1.54, 1.807) is 0 Å². The lowest BCUT2D eigenvalue weighted by atomic mass is 10.1. The fourth-order valence-corrected chi connectivity index (χ4v) is 1.91. The molecule has 0 spiro atoms. The van der Waals surface area contributed by atoms with Gasteiger partial charge in [-0.3, -0.25) is 0 Å². The van der Waals surface area contributed by atoms with Crippen LogP contribution < -0.4 is 9.67 Å². The van der Waals surface area contributed by atoms with Gasteiger partial charge in [0.15, 0.2) is 12.4 Å². The first-order valence-corrected chi connectivity index (χ1v) is 7.75. The summed E-state index contributed by atoms with van der Waals surface area (Å²) in [5, 5.41) is 8.89. The Labute approximate surface area is 123 Å². The Morgan fingerprint density at radius 2 is 1.60 bits per heavy atom. The second-order valence-corrected chi connectivity index (χ2v) is 5.10. The number of unbranched alkanes of at least 4 members (excludes halogenated alkanes) is 4. The standard InChI is InChI=1S/C15H26N.C2H4O2/c1-3-5-7-8-12-16-13-10-15(11-14-16)9-6-4-2;1-2(3)4/h10-11,13-14H,3-9,12H2,1-2H3;1H3,(H,3,4)/q+1;/p-1. The Morgan fingerprint density at radius 3 is 2.10 bits per heavy atom. The third-order valence-corrected chi connectivity index (χ3v) is 3.05. The number of carbonyl (C=O) groups excluding carboxylic acids is 1. The minimum absolute atomic E-state index is 0.972. The molecule has 0 aliphatic carbocycles. The highest BCUT2D eigenvalue weighted by Gasteiger charge is 2.00. The SMILES string of the molecule is CC(=O)[O-].CCCCCC[n+]1ccc(CCCC)cc1. The van der Waals surface area contributed by atoms with Gasteiger partial charge in [0.25, 0.3) is 0 Å². The minimum atomic E-state index is -1.08. The average Bonchev–Trinajstić information content (AvgIpc) is 2.42. The molecule has 1 aromatic heterocycles. The van der Waals surface area contributed by atoms with Crippen molar-refractivity contribution in [2.45, 2.75) is 72.3 Å². The van der Waals surface area contributed by atoms with E-state index in [-0.39, 0.29) is 0 Å². The van der Waals surface area contributed by atoms with Gasteiger partial charge < -0.3 is 9.90 Å². The van der Waals surface area contributed by atoms with Gasteiger partial charge in [-0.15, -0.1) is 0 Å². The number of hydrogen-bond acceptors (Lipinski definition) is 2. The van der Waals surface area contributed by atoms with E-state index in [0.717, 1.165) is 6.92 Å². The number of nitrogens with zero attached hydrogens (tertiary/aromatic N) is 1. The zero-order chi connectivity index (χ0) is 15.2. The maximum absolute atomic E-state index is 8.89. The highest BCUT2D eigenvalue weighted by molar-refractivity contribution is 5.60. The third kappa shape index (κ3) is 11.7. The van der Waals surface area contributed by atoms with Gasteiger partial charge in [-0.25, -0.2) is 4.57 Å². The molecule has 0 atom stereocenters. The summed E-state index contributed by atoms with van der Waals surface area (Å²) in [5.41, 5.74) is 1.48. The molecular weight excluding hydrogens is 250 g/mol. The number of aryl methyl sites for hydroxylation is 2. The molecule has 3 nitrogen and oxygen atoms in total. The fourth-order valence-electron chi connectivity index (χ4n) is 1.91. The molecule has 0 fully saturated rings. The second-order valence-electron chi connectivity index (χ2n) is 5.10. The van der Waals surface area contributed by atoms with E-state index in [9.17, 15) is 0 Å². The minimum Gasteiger partial charge on any atom is -0.550 e. The molecule has 1 rings (SSSR count). The number of aromatic nitrogens is 1. The van der Waals surface area contributed by atoms with Gasteiger partial charge >= 0.3 is 0 Å². The summed E-state index contributed by atoms with van der Waals surface area (Å²) < 4.78 is 2.31. The van der Waals surface area contributed by atoms with Crippen molar-refractivity contribution >= 4 is 5.97 Å². The molecule has 0 radical (unpaired) electrons. The number of carboxylic acids is 1. The predicted octanol–water partition coefficient (Wildman–Crippen LogP) is 2.65. The number of carbonyl (C=O) groups is 1. The van der Waals surface area contributed by atoms with Crippen LogP contribution in [0.25, 0.3) is 0 Å². The summed E-state index contributed by atoms with van der Waals surface area (Å²) in [5.74, 6) is -1.08. The highest BCUT2D eigenvalue weighted by Crippen LogP contribution is 2.03. The monoisotopic (exact) mass is 279 g/mol. The van der Waals surface area contributed by atoms with Gasteiger partial charge in [0.1, 0.15) is 6.54 Å². The molecule has 0 N–H and O–H groups in total. The van der Waals surface area contributed by atoms with Gasteiger partial charge in [-0.1, -0.05) is 33.1 Å². The van der Waals surface area contributed by atoms with Crippen LogP contribution in [0.2, 0.25) is 0 Å². The largest absolute Gasteiger partial charge is 0.550 e. The van der Waals surface area contributed by atoms with Gasteiger partial charge in [-0.2, -0.15) is 0 Å². The molecule has 3 heteroatoms. The molecular formula is C17H29NO2. The molecule has 1 aromatic rings. The summed E-state index contributed by atoms with van der Waals surface area (Å²) in [7, 11) is 0. The van der Waals surface area contributed by atoms with Crippen LogP contribution in [0, 0.1) is 0 Å². The van der Waals surface area contributed by atoms with Gasteiger partial charge in [0.05, 0.1) is 0 Å². The molecule has 0 unspecified atom stereocenters. The van der Waals surface area contributed by atoms with Crippen molar-refractivity contribution in [2.75, 3.05) is 0 Å². The number of pyridine rings is 1. The average molecular weight is 279 g/mol. The Kier molecular flexibility index (Phi) is 11.8. The third-order valence-electron chi connectivity index (χ3n) is 3.05. The molecule has 0 aromatic carbocycles. The lowest BCUT2D eigenvalue weighted by molar-refractivity contribution is -0.697. The quantitative estimate of drug-likeness (QED) is 0.542. The van der Waals surface area contributed by atoms with E-state index in [2.05, 4.69) is 42.9 Å². The maximum atomic E-state index is 8.89. The van der Waals surface area contributed by atoms with Crippen molar-refractivity contribution in [1.82, 2.24) is 0 Å². The first-order valence-electron chi connectivity index (χ1n) is 7.75. The Balaban J connectivity index is 0.000000796. The van der Waals surface area contributed by atoms with Gasteiger partial charge in [0, 0.05) is 24.5 Å². The van der Waals surface area contributed by atoms with Crippen LogP contribution in [0.1, 0.15) is 64.9 Å². The molecule has 0 amide bonds. The van der Waals surface area contributed by atoms with E-state index in [0.29, 0.717) is 0 Å². The van der Waals surface area contributed by atoms with Crippen LogP contribution in [-0.4, -0.2) is 5.97 Å². The van der Waals surface area contributed by atoms with Crippen LogP contribution in [0.15, 0.2) is 24.5 Å². The number of rotatable bonds is 8. The Bertz CT molecular complexity index is 343. The molecule has 1 heterocycles. The smallest absolute Gasteiger partial charge is 0.169 e. The zero-order valence-corrected chi connectivity index (χ0v) is 13.2. The molecule has 114 valence electrons. The highest BCUT2D eigenvalue weighted by atomic mass is 16.4. The molecule has 0 aliphatic rings. The number of aliphatic carboxylic acids is 1. The summed E-state index contributed by atoms with van der Waals surface area (Å²) >= 11 is 0. The summed E-state index contributed by atoms with van der Waals surface area (Å²) in [6.45, 7) is 6.65. The van der Waals surface area contributed by atoms with Crippen molar-refractivity contribution in [2.24, 2.45) is 0 Å². The summed E-state index contributed by atoms with van der Waals surface area (Å²) in [6.07, 6.45) is 13.6. The number of carboxylic acid groups (broad SMARTS) is 1. The lowest BCUT2D eigenvalue weighted by Gasteiger charge is -2.00. The molecule has 0 saturated carbocycles. The summed E-state index contributed by atoms with van der Waals surface area (Å²) in [4.78, 5) is 8.89. The van der Waals surface area contributed by atoms with E-state index in [4.69, 9.17) is 9.90 Å². The van der Waals surface area contributed by atoms with Crippen molar-refractivity contribution in [3.63, 3.8) is 0 Å².